The average molecular weight is 154 g/mol. The number of hydrogen-bond donors (Lipinski definition) is 0. The second-order valence-corrected chi connectivity index (χ2v) is 4.27. The monoisotopic (exact) mass is 154 g/mol. The second kappa shape index (κ2) is 2.96. The van der Waals surface area contributed by atoms with Gasteiger partial charge in [-0.1, -0.05) is 20.8 Å². The molecule has 1 heteroatoms. The standard InChI is InChI=1S/C10H18O/c1-4-8-9(11)6-5-7-10(8,2)3/h8H,4-7H2,1-3H3. The molecule has 1 saturated carbocycles. The van der Waals surface area contributed by atoms with Gasteiger partial charge < -0.3 is 0 Å². The number of ketones is 1. The van der Waals surface area contributed by atoms with E-state index in [-0.39, 0.29) is 5.41 Å². The molecule has 0 heterocycles. The average Bonchev–Trinajstić information content (AvgIpc) is 1.86. The van der Waals surface area contributed by atoms with Crippen molar-refractivity contribution in [2.45, 2.75) is 46.5 Å². The summed E-state index contributed by atoms with van der Waals surface area (Å²) >= 11 is 0. The van der Waals surface area contributed by atoms with Gasteiger partial charge in [0.15, 0.2) is 0 Å². The van der Waals surface area contributed by atoms with Gasteiger partial charge in [-0.15, -0.1) is 0 Å². The van der Waals surface area contributed by atoms with Crippen molar-refractivity contribution in [3.8, 4) is 0 Å². The maximum Gasteiger partial charge on any atom is 0.136 e. The molecule has 0 amide bonds. The predicted octanol–water partition coefficient (Wildman–Crippen LogP) is 2.79. The molecule has 0 spiro atoms. The Bertz CT molecular complexity index is 158. The van der Waals surface area contributed by atoms with Crippen molar-refractivity contribution >= 4 is 5.78 Å². The SMILES string of the molecule is CCC1C(=O)CCCC1(C)C. The van der Waals surface area contributed by atoms with E-state index in [0.29, 0.717) is 11.7 Å². The molecule has 1 fully saturated rings. The van der Waals surface area contributed by atoms with Crippen LogP contribution >= 0.6 is 0 Å². The van der Waals surface area contributed by atoms with E-state index in [1.165, 1.54) is 6.42 Å². The number of carbonyl (C=O) groups excluding carboxylic acids is 1. The van der Waals surface area contributed by atoms with E-state index >= 15 is 0 Å². The van der Waals surface area contributed by atoms with Crippen molar-refractivity contribution in [1.82, 2.24) is 0 Å². The molecule has 1 rings (SSSR count). The van der Waals surface area contributed by atoms with Gasteiger partial charge >= 0.3 is 0 Å². The molecule has 11 heavy (non-hydrogen) atoms. The highest BCUT2D eigenvalue weighted by molar-refractivity contribution is 5.82. The molecule has 0 N–H and O–H groups in total. The molecule has 0 bridgehead atoms. The zero-order valence-electron chi connectivity index (χ0n) is 7.81. The zero-order valence-corrected chi connectivity index (χ0v) is 7.81. The lowest BCUT2D eigenvalue weighted by Gasteiger charge is -2.36. The Balaban J connectivity index is 2.72. The van der Waals surface area contributed by atoms with E-state index in [0.717, 1.165) is 19.3 Å². The van der Waals surface area contributed by atoms with Crippen LogP contribution in [0.25, 0.3) is 0 Å². The van der Waals surface area contributed by atoms with E-state index in [1.807, 2.05) is 0 Å². The summed E-state index contributed by atoms with van der Waals surface area (Å²) in [4.78, 5) is 11.4. The fourth-order valence-corrected chi connectivity index (χ4v) is 2.28. The van der Waals surface area contributed by atoms with Crippen LogP contribution in [-0.4, -0.2) is 5.78 Å². The van der Waals surface area contributed by atoms with Crippen LogP contribution in [0.2, 0.25) is 0 Å². The number of rotatable bonds is 1. The van der Waals surface area contributed by atoms with Gasteiger partial charge in [-0.2, -0.15) is 0 Å². The molecule has 1 atom stereocenters. The quantitative estimate of drug-likeness (QED) is 0.567. The molecule has 0 aromatic heterocycles. The number of Topliss-reactive ketones (excluding diaryl/α,β-unsaturated/α-hetero) is 1. The first-order valence-corrected chi connectivity index (χ1v) is 4.60. The third kappa shape index (κ3) is 1.63. The molecule has 0 aliphatic heterocycles. The van der Waals surface area contributed by atoms with Crippen molar-refractivity contribution in [3.05, 3.63) is 0 Å². The third-order valence-corrected chi connectivity index (χ3v) is 2.98. The largest absolute Gasteiger partial charge is 0.299 e. The second-order valence-electron chi connectivity index (χ2n) is 4.27. The van der Waals surface area contributed by atoms with Crippen LogP contribution in [0, 0.1) is 11.3 Å². The molecule has 0 saturated heterocycles. The molecule has 1 unspecified atom stereocenters. The van der Waals surface area contributed by atoms with Gasteiger partial charge in [-0.3, -0.25) is 4.79 Å². The van der Waals surface area contributed by atoms with Crippen LogP contribution in [0.1, 0.15) is 46.5 Å². The Labute approximate surface area is 69.2 Å². The van der Waals surface area contributed by atoms with Crippen LogP contribution < -0.4 is 0 Å². The minimum atomic E-state index is 0.268. The Morgan fingerprint density at radius 1 is 1.55 bits per heavy atom. The molecule has 1 aliphatic carbocycles. The molecular formula is C10H18O. The van der Waals surface area contributed by atoms with E-state index < -0.39 is 0 Å². The summed E-state index contributed by atoms with van der Waals surface area (Å²) < 4.78 is 0. The summed E-state index contributed by atoms with van der Waals surface area (Å²) in [6, 6.07) is 0. The van der Waals surface area contributed by atoms with Crippen molar-refractivity contribution in [1.29, 1.82) is 0 Å². The molecule has 1 nitrogen and oxygen atoms in total. The normalized spacial score (nSPS) is 30.5. The van der Waals surface area contributed by atoms with Crippen molar-refractivity contribution in [2.24, 2.45) is 11.3 Å². The van der Waals surface area contributed by atoms with E-state index in [1.54, 1.807) is 0 Å². The van der Waals surface area contributed by atoms with Crippen LogP contribution in [0.5, 0.6) is 0 Å². The highest BCUT2D eigenvalue weighted by Gasteiger charge is 2.36. The summed E-state index contributed by atoms with van der Waals surface area (Å²) in [6.45, 7) is 6.56. The van der Waals surface area contributed by atoms with Crippen molar-refractivity contribution in [2.75, 3.05) is 0 Å². The van der Waals surface area contributed by atoms with Gasteiger partial charge in [-0.05, 0) is 24.7 Å². The van der Waals surface area contributed by atoms with Gasteiger partial charge in [0.2, 0.25) is 0 Å². The zero-order chi connectivity index (χ0) is 8.48. The Kier molecular flexibility index (Phi) is 2.36. The molecule has 0 radical (unpaired) electrons. The predicted molar refractivity (Wildman–Crippen MR) is 46.4 cm³/mol. The fourth-order valence-electron chi connectivity index (χ4n) is 2.28. The minimum Gasteiger partial charge on any atom is -0.299 e. The van der Waals surface area contributed by atoms with Gasteiger partial charge in [-0.25, -0.2) is 0 Å². The fraction of sp³-hybridized carbons (Fsp3) is 0.900. The highest BCUT2D eigenvalue weighted by atomic mass is 16.1. The Morgan fingerprint density at radius 2 is 2.18 bits per heavy atom. The maximum absolute atomic E-state index is 11.4. The molecule has 1 aliphatic rings. The van der Waals surface area contributed by atoms with E-state index in [9.17, 15) is 4.79 Å². The lowest BCUT2D eigenvalue weighted by atomic mass is 9.67. The van der Waals surface area contributed by atoms with Crippen LogP contribution in [-0.2, 0) is 4.79 Å². The molecule has 64 valence electrons. The van der Waals surface area contributed by atoms with Crippen LogP contribution in [0.3, 0.4) is 0 Å². The number of carbonyl (C=O) groups is 1. The first-order valence-electron chi connectivity index (χ1n) is 4.60. The van der Waals surface area contributed by atoms with E-state index in [4.69, 9.17) is 0 Å². The van der Waals surface area contributed by atoms with Crippen LogP contribution in [0.15, 0.2) is 0 Å². The Hall–Kier alpha value is -0.330. The van der Waals surface area contributed by atoms with Crippen molar-refractivity contribution in [3.63, 3.8) is 0 Å². The first kappa shape index (κ1) is 8.76. The number of hydrogen-bond acceptors (Lipinski definition) is 1. The smallest absolute Gasteiger partial charge is 0.136 e. The third-order valence-electron chi connectivity index (χ3n) is 2.98. The summed E-state index contributed by atoms with van der Waals surface area (Å²) in [5.41, 5.74) is 0.268. The first-order chi connectivity index (χ1) is 5.08. The Morgan fingerprint density at radius 3 is 2.55 bits per heavy atom. The highest BCUT2D eigenvalue weighted by Crippen LogP contribution is 2.39. The lowest BCUT2D eigenvalue weighted by Crippen LogP contribution is -2.34. The van der Waals surface area contributed by atoms with Gasteiger partial charge in [0.05, 0.1) is 0 Å². The maximum atomic E-state index is 11.4. The molecule has 0 aromatic rings. The van der Waals surface area contributed by atoms with Gasteiger partial charge in [0, 0.05) is 12.3 Å². The minimum absolute atomic E-state index is 0.268. The summed E-state index contributed by atoms with van der Waals surface area (Å²) in [6.07, 6.45) is 4.16. The molecule has 0 aromatic carbocycles. The van der Waals surface area contributed by atoms with Crippen LogP contribution in [0.4, 0.5) is 0 Å². The van der Waals surface area contributed by atoms with Crippen molar-refractivity contribution < 1.29 is 4.79 Å². The summed E-state index contributed by atoms with van der Waals surface area (Å²) in [7, 11) is 0. The topological polar surface area (TPSA) is 17.1 Å². The van der Waals surface area contributed by atoms with Gasteiger partial charge in [0.1, 0.15) is 5.78 Å². The summed E-state index contributed by atoms with van der Waals surface area (Å²) in [5, 5.41) is 0. The summed E-state index contributed by atoms with van der Waals surface area (Å²) in [5.74, 6) is 0.819. The lowest BCUT2D eigenvalue weighted by molar-refractivity contribution is -0.129. The van der Waals surface area contributed by atoms with Gasteiger partial charge in [0.25, 0.3) is 0 Å². The molecular weight excluding hydrogens is 136 g/mol. The van der Waals surface area contributed by atoms with E-state index in [2.05, 4.69) is 20.8 Å².